The summed E-state index contributed by atoms with van der Waals surface area (Å²) in [6.45, 7) is 3.07. The maximum absolute atomic E-state index is 13.8. The van der Waals surface area contributed by atoms with E-state index in [2.05, 4.69) is 16.0 Å². The zero-order valence-corrected chi connectivity index (χ0v) is 19.5. The van der Waals surface area contributed by atoms with Gasteiger partial charge in [-0.2, -0.15) is 4.98 Å². The Morgan fingerprint density at radius 3 is 2.65 bits per heavy atom. The normalized spacial score (nSPS) is 16.1. The Morgan fingerprint density at radius 2 is 1.85 bits per heavy atom. The molecule has 0 radical (unpaired) electrons. The smallest absolute Gasteiger partial charge is 0.298 e. The molecule has 174 valence electrons. The second-order valence-corrected chi connectivity index (χ2v) is 9.59. The van der Waals surface area contributed by atoms with Crippen molar-refractivity contribution < 1.29 is 18.7 Å². The van der Waals surface area contributed by atoms with Gasteiger partial charge in [-0.3, -0.25) is 4.79 Å². The lowest BCUT2D eigenvalue weighted by molar-refractivity contribution is -0.123. The van der Waals surface area contributed by atoms with Crippen LogP contribution >= 0.6 is 11.3 Å². The molecule has 0 aliphatic carbocycles. The number of piperidine rings is 1. The summed E-state index contributed by atoms with van der Waals surface area (Å²) in [5, 5.41) is 2.04. The predicted molar refractivity (Wildman–Crippen MR) is 132 cm³/mol. The van der Waals surface area contributed by atoms with Gasteiger partial charge in [0.2, 0.25) is 5.91 Å². The van der Waals surface area contributed by atoms with E-state index in [-0.39, 0.29) is 11.8 Å². The van der Waals surface area contributed by atoms with Crippen molar-refractivity contribution in [1.29, 1.82) is 0 Å². The molecule has 2 aromatic heterocycles. The first-order valence-electron chi connectivity index (χ1n) is 11.6. The molecule has 2 aliphatic heterocycles. The van der Waals surface area contributed by atoms with Gasteiger partial charge in [-0.1, -0.05) is 18.2 Å². The van der Waals surface area contributed by atoms with E-state index in [1.807, 2.05) is 58.8 Å². The summed E-state index contributed by atoms with van der Waals surface area (Å²) >= 11 is 1.66. The summed E-state index contributed by atoms with van der Waals surface area (Å²) in [6.07, 6.45) is 1.51. The Kier molecular flexibility index (Phi) is 5.58. The van der Waals surface area contributed by atoms with E-state index in [9.17, 15) is 4.79 Å². The lowest BCUT2D eigenvalue weighted by Gasteiger charge is -2.34. The number of carbonyl (C=O) groups excluding carboxylic acids is 1. The van der Waals surface area contributed by atoms with Gasteiger partial charge in [-0.25, -0.2) is 0 Å². The number of benzene rings is 2. The molecule has 4 aromatic rings. The number of amides is 1. The molecule has 0 atom stereocenters. The molecule has 1 saturated heterocycles. The maximum Gasteiger partial charge on any atom is 0.298 e. The number of hydrogen-bond acceptors (Lipinski definition) is 7. The average Bonchev–Trinajstić information content (AvgIpc) is 3.57. The zero-order valence-electron chi connectivity index (χ0n) is 18.7. The van der Waals surface area contributed by atoms with Gasteiger partial charge in [0, 0.05) is 35.6 Å². The van der Waals surface area contributed by atoms with E-state index in [4.69, 9.17) is 13.9 Å². The van der Waals surface area contributed by atoms with Crippen LogP contribution in [0.25, 0.3) is 11.1 Å². The van der Waals surface area contributed by atoms with Gasteiger partial charge in [0.25, 0.3) is 6.01 Å². The second kappa shape index (κ2) is 9.02. The summed E-state index contributed by atoms with van der Waals surface area (Å²) in [7, 11) is 0. The van der Waals surface area contributed by atoms with E-state index in [1.165, 1.54) is 0 Å². The van der Waals surface area contributed by atoms with E-state index in [0.717, 1.165) is 53.3 Å². The van der Waals surface area contributed by atoms with E-state index >= 15 is 0 Å². The highest BCUT2D eigenvalue weighted by Crippen LogP contribution is 2.36. The van der Waals surface area contributed by atoms with Crippen molar-refractivity contribution >= 4 is 40.0 Å². The fraction of sp³-hybridized carbons (Fsp3) is 0.308. The van der Waals surface area contributed by atoms with Crippen molar-refractivity contribution in [2.24, 2.45) is 5.92 Å². The van der Waals surface area contributed by atoms with Crippen LogP contribution in [0.4, 0.5) is 11.7 Å². The van der Waals surface area contributed by atoms with Crippen molar-refractivity contribution in [1.82, 2.24) is 4.98 Å². The Morgan fingerprint density at radius 1 is 1.03 bits per heavy atom. The molecule has 0 saturated carbocycles. The molecule has 0 spiro atoms. The number of thiophene rings is 1. The molecule has 1 amide bonds. The number of para-hydroxylation sites is 2. The lowest BCUT2D eigenvalue weighted by atomic mass is 9.95. The van der Waals surface area contributed by atoms with E-state index in [0.29, 0.717) is 31.5 Å². The van der Waals surface area contributed by atoms with Crippen molar-refractivity contribution in [2.75, 3.05) is 36.1 Å². The lowest BCUT2D eigenvalue weighted by Crippen LogP contribution is -2.42. The van der Waals surface area contributed by atoms with E-state index in [1.54, 1.807) is 11.3 Å². The molecule has 7 nitrogen and oxygen atoms in total. The molecule has 0 N–H and O–H groups in total. The largest absolute Gasteiger partial charge is 0.486 e. The van der Waals surface area contributed by atoms with E-state index < -0.39 is 0 Å². The van der Waals surface area contributed by atoms with Crippen molar-refractivity contribution in [3.8, 4) is 11.5 Å². The number of nitrogens with zero attached hydrogens (tertiary/aromatic N) is 3. The van der Waals surface area contributed by atoms with Crippen LogP contribution in [0.2, 0.25) is 0 Å². The molecule has 0 bridgehead atoms. The van der Waals surface area contributed by atoms with Gasteiger partial charge in [0.15, 0.2) is 17.1 Å². The maximum atomic E-state index is 13.8. The third-order valence-electron chi connectivity index (χ3n) is 6.39. The fourth-order valence-electron chi connectivity index (χ4n) is 4.59. The number of ether oxygens (including phenoxy) is 2. The quantitative estimate of drug-likeness (QED) is 0.400. The average molecular weight is 476 g/mol. The Hall–Kier alpha value is -3.52. The third kappa shape index (κ3) is 4.09. The molecule has 2 aliphatic rings. The number of anilines is 2. The minimum atomic E-state index is -0.0613. The molecule has 8 heteroatoms. The highest BCUT2D eigenvalue weighted by Gasteiger charge is 2.31. The summed E-state index contributed by atoms with van der Waals surface area (Å²) in [5.74, 6) is 1.50. The van der Waals surface area contributed by atoms with Crippen LogP contribution in [0.3, 0.4) is 0 Å². The van der Waals surface area contributed by atoms with Gasteiger partial charge in [-0.15, -0.1) is 11.3 Å². The third-order valence-corrected chi connectivity index (χ3v) is 7.26. The minimum Gasteiger partial charge on any atom is -0.486 e. The van der Waals surface area contributed by atoms with Gasteiger partial charge in [0.05, 0.1) is 6.54 Å². The van der Waals surface area contributed by atoms with Crippen molar-refractivity contribution in [2.45, 2.75) is 19.4 Å². The Labute approximate surface area is 201 Å². The van der Waals surface area contributed by atoms with Crippen LogP contribution in [0.1, 0.15) is 17.7 Å². The number of oxazole rings is 1. The minimum absolute atomic E-state index is 0.0613. The standard InChI is InChI=1S/C26H25N3O4S/c30-25(18-9-11-28(12-10-18)26-27-21-5-1-2-6-22(21)33-26)29(17-20-4-3-15-34-20)19-7-8-23-24(16-19)32-14-13-31-23/h1-8,15-16,18H,9-14,17H2. The Balaban J connectivity index is 1.20. The molecule has 1 fully saturated rings. The highest BCUT2D eigenvalue weighted by atomic mass is 32.1. The summed E-state index contributed by atoms with van der Waals surface area (Å²) in [5.41, 5.74) is 2.48. The van der Waals surface area contributed by atoms with Crippen LogP contribution in [0, 0.1) is 5.92 Å². The Bertz CT molecular complexity index is 1260. The first-order chi connectivity index (χ1) is 16.7. The van der Waals surface area contributed by atoms with Crippen LogP contribution in [0.5, 0.6) is 11.5 Å². The summed E-state index contributed by atoms with van der Waals surface area (Å²) < 4.78 is 17.4. The van der Waals surface area contributed by atoms with Crippen molar-refractivity contribution in [3.63, 3.8) is 0 Å². The fourth-order valence-corrected chi connectivity index (χ4v) is 5.28. The predicted octanol–water partition coefficient (Wildman–Crippen LogP) is 5.11. The van der Waals surface area contributed by atoms with Gasteiger partial charge >= 0.3 is 0 Å². The molecule has 34 heavy (non-hydrogen) atoms. The van der Waals surface area contributed by atoms with Crippen LogP contribution in [-0.4, -0.2) is 37.2 Å². The zero-order chi connectivity index (χ0) is 22.9. The number of fused-ring (bicyclic) bond motifs is 2. The molecule has 2 aromatic carbocycles. The van der Waals surface area contributed by atoms with Gasteiger partial charge in [0.1, 0.15) is 18.7 Å². The van der Waals surface area contributed by atoms with Crippen LogP contribution in [-0.2, 0) is 11.3 Å². The number of aromatic nitrogens is 1. The first kappa shape index (κ1) is 21.0. The second-order valence-electron chi connectivity index (χ2n) is 8.56. The van der Waals surface area contributed by atoms with Crippen LogP contribution < -0.4 is 19.3 Å². The molecule has 4 heterocycles. The molecular formula is C26H25N3O4S. The number of hydrogen-bond donors (Lipinski definition) is 0. The number of rotatable bonds is 5. The topological polar surface area (TPSA) is 68.0 Å². The number of carbonyl (C=O) groups is 1. The SMILES string of the molecule is O=C(C1CCN(c2nc3ccccc3o2)CC1)N(Cc1cccs1)c1ccc2c(c1)OCCO2. The summed E-state index contributed by atoms with van der Waals surface area (Å²) in [6, 6.07) is 18.3. The van der Waals surface area contributed by atoms with Crippen molar-refractivity contribution in [3.05, 3.63) is 64.9 Å². The van der Waals surface area contributed by atoms with Gasteiger partial charge < -0.3 is 23.7 Å². The molecular weight excluding hydrogens is 450 g/mol. The summed E-state index contributed by atoms with van der Waals surface area (Å²) in [4.78, 5) is 23.6. The molecule has 6 rings (SSSR count). The highest BCUT2D eigenvalue weighted by molar-refractivity contribution is 7.09. The first-order valence-corrected chi connectivity index (χ1v) is 12.5. The monoisotopic (exact) mass is 475 g/mol. The van der Waals surface area contributed by atoms with Crippen LogP contribution in [0.15, 0.2) is 64.4 Å². The molecule has 0 unspecified atom stereocenters. The van der Waals surface area contributed by atoms with Gasteiger partial charge in [-0.05, 0) is 48.6 Å².